The van der Waals surface area contributed by atoms with Crippen molar-refractivity contribution in [2.24, 2.45) is 0 Å². The summed E-state index contributed by atoms with van der Waals surface area (Å²) in [5.41, 5.74) is 5.90. The second-order valence-electron chi connectivity index (χ2n) is 4.07. The first kappa shape index (κ1) is 10.4. The molecule has 0 fully saturated rings. The van der Waals surface area contributed by atoms with E-state index in [1.165, 1.54) is 27.6 Å². The SMILES string of the molecule is Cc1cc2c(C)cc(=S)oc2c(C)c1C. The molecule has 0 atom stereocenters. The van der Waals surface area contributed by atoms with Crippen molar-refractivity contribution in [2.75, 3.05) is 0 Å². The van der Waals surface area contributed by atoms with E-state index in [9.17, 15) is 0 Å². The predicted molar refractivity (Wildman–Crippen MR) is 66.0 cm³/mol. The zero-order valence-corrected chi connectivity index (χ0v) is 10.3. The highest BCUT2D eigenvalue weighted by atomic mass is 32.1. The van der Waals surface area contributed by atoms with Crippen LogP contribution in [0.1, 0.15) is 22.3 Å². The maximum absolute atomic E-state index is 5.62. The highest BCUT2D eigenvalue weighted by molar-refractivity contribution is 7.71. The Morgan fingerprint density at radius 1 is 0.933 bits per heavy atom. The van der Waals surface area contributed by atoms with E-state index in [4.69, 9.17) is 16.6 Å². The third kappa shape index (κ3) is 1.59. The molecule has 2 rings (SSSR count). The molecule has 15 heavy (non-hydrogen) atoms. The summed E-state index contributed by atoms with van der Waals surface area (Å²) in [6, 6.07) is 4.08. The van der Waals surface area contributed by atoms with Crippen molar-refractivity contribution in [3.8, 4) is 0 Å². The molecule has 0 N–H and O–H groups in total. The summed E-state index contributed by atoms with van der Waals surface area (Å²) in [7, 11) is 0. The van der Waals surface area contributed by atoms with Crippen molar-refractivity contribution >= 4 is 23.2 Å². The minimum absolute atomic E-state index is 0.561. The predicted octanol–water partition coefficient (Wildman–Crippen LogP) is 4.40. The van der Waals surface area contributed by atoms with Gasteiger partial charge >= 0.3 is 0 Å². The Morgan fingerprint density at radius 2 is 1.60 bits per heavy atom. The van der Waals surface area contributed by atoms with E-state index in [0.29, 0.717) is 4.71 Å². The van der Waals surface area contributed by atoms with Crippen LogP contribution in [0.25, 0.3) is 11.0 Å². The molecule has 2 aromatic rings. The minimum atomic E-state index is 0.561. The fourth-order valence-electron chi connectivity index (χ4n) is 1.87. The van der Waals surface area contributed by atoms with Crippen molar-refractivity contribution in [1.29, 1.82) is 0 Å². The number of aryl methyl sites for hydroxylation is 3. The number of benzene rings is 1. The summed E-state index contributed by atoms with van der Waals surface area (Å²) in [5, 5.41) is 1.17. The molecule has 0 aliphatic carbocycles. The maximum Gasteiger partial charge on any atom is 0.191 e. The molecule has 0 aliphatic heterocycles. The number of rotatable bonds is 0. The summed E-state index contributed by atoms with van der Waals surface area (Å²) in [5.74, 6) is 0. The van der Waals surface area contributed by atoms with Crippen LogP contribution in [0.4, 0.5) is 0 Å². The quantitative estimate of drug-likeness (QED) is 0.608. The van der Waals surface area contributed by atoms with Gasteiger partial charge in [0.25, 0.3) is 0 Å². The molecular formula is C13H14OS. The zero-order valence-electron chi connectivity index (χ0n) is 9.47. The lowest BCUT2D eigenvalue weighted by Gasteiger charge is -2.09. The smallest absolute Gasteiger partial charge is 0.191 e. The molecular weight excluding hydrogens is 204 g/mol. The number of fused-ring (bicyclic) bond motifs is 1. The van der Waals surface area contributed by atoms with Gasteiger partial charge in [0.15, 0.2) is 4.71 Å². The highest BCUT2D eigenvalue weighted by Crippen LogP contribution is 2.27. The molecule has 1 aromatic heterocycles. The monoisotopic (exact) mass is 218 g/mol. The Balaban J connectivity index is 3.05. The Morgan fingerprint density at radius 3 is 2.27 bits per heavy atom. The second-order valence-corrected chi connectivity index (χ2v) is 4.47. The average Bonchev–Trinajstić information content (AvgIpc) is 2.17. The van der Waals surface area contributed by atoms with Crippen LogP contribution in [0.2, 0.25) is 0 Å². The molecule has 2 heteroatoms. The highest BCUT2D eigenvalue weighted by Gasteiger charge is 2.08. The van der Waals surface area contributed by atoms with Crippen LogP contribution in [-0.2, 0) is 0 Å². The van der Waals surface area contributed by atoms with E-state index >= 15 is 0 Å². The molecule has 1 aromatic carbocycles. The number of hydrogen-bond donors (Lipinski definition) is 0. The van der Waals surface area contributed by atoms with Gasteiger partial charge in [-0.2, -0.15) is 0 Å². The van der Waals surface area contributed by atoms with Crippen LogP contribution < -0.4 is 0 Å². The van der Waals surface area contributed by atoms with Crippen molar-refractivity contribution in [3.05, 3.63) is 39.1 Å². The average molecular weight is 218 g/mol. The molecule has 0 amide bonds. The standard InChI is InChI=1S/C13H14OS/c1-7-5-11-8(2)6-12(15)14-13(11)10(4)9(7)3/h5-6H,1-4H3. The molecule has 1 nitrogen and oxygen atoms in total. The van der Waals surface area contributed by atoms with Crippen LogP contribution >= 0.6 is 12.2 Å². The first-order valence-corrected chi connectivity index (χ1v) is 5.43. The van der Waals surface area contributed by atoms with Crippen LogP contribution in [0.15, 0.2) is 16.5 Å². The van der Waals surface area contributed by atoms with Gasteiger partial charge in [-0.05, 0) is 74.3 Å². The molecule has 0 radical (unpaired) electrons. The van der Waals surface area contributed by atoms with Gasteiger partial charge in [-0.25, -0.2) is 0 Å². The van der Waals surface area contributed by atoms with Gasteiger partial charge in [0, 0.05) is 5.39 Å². The fourth-order valence-corrected chi connectivity index (χ4v) is 2.13. The molecule has 0 saturated carbocycles. The molecule has 0 spiro atoms. The summed E-state index contributed by atoms with van der Waals surface area (Å²) in [6.07, 6.45) is 0. The van der Waals surface area contributed by atoms with Crippen LogP contribution in [0, 0.1) is 32.4 Å². The third-order valence-electron chi connectivity index (χ3n) is 3.06. The lowest BCUT2D eigenvalue weighted by Crippen LogP contribution is -1.90. The molecule has 0 bridgehead atoms. The minimum Gasteiger partial charge on any atom is -0.445 e. The molecule has 78 valence electrons. The summed E-state index contributed by atoms with van der Waals surface area (Å²) >= 11 is 5.10. The van der Waals surface area contributed by atoms with Gasteiger partial charge in [0.2, 0.25) is 0 Å². The molecule has 0 saturated heterocycles. The number of hydrogen-bond acceptors (Lipinski definition) is 2. The lowest BCUT2D eigenvalue weighted by molar-refractivity contribution is 0.582. The van der Waals surface area contributed by atoms with Crippen LogP contribution in [-0.4, -0.2) is 0 Å². The topological polar surface area (TPSA) is 13.1 Å². The Labute approximate surface area is 94.7 Å². The first-order chi connectivity index (χ1) is 7.00. The van der Waals surface area contributed by atoms with E-state index in [1.807, 2.05) is 6.07 Å². The van der Waals surface area contributed by atoms with Crippen molar-refractivity contribution < 1.29 is 4.42 Å². The van der Waals surface area contributed by atoms with E-state index in [1.54, 1.807) is 0 Å². The molecule has 0 unspecified atom stereocenters. The van der Waals surface area contributed by atoms with Crippen molar-refractivity contribution in [3.63, 3.8) is 0 Å². The van der Waals surface area contributed by atoms with E-state index < -0.39 is 0 Å². The zero-order chi connectivity index (χ0) is 11.2. The second kappa shape index (κ2) is 3.46. The van der Waals surface area contributed by atoms with Crippen LogP contribution in [0.5, 0.6) is 0 Å². The van der Waals surface area contributed by atoms with Gasteiger partial charge in [-0.3, -0.25) is 0 Å². The Hall–Kier alpha value is -1.15. The Bertz CT molecular complexity index is 593. The summed E-state index contributed by atoms with van der Waals surface area (Å²) in [6.45, 7) is 8.40. The summed E-state index contributed by atoms with van der Waals surface area (Å²) in [4.78, 5) is 0. The van der Waals surface area contributed by atoms with Crippen LogP contribution in [0.3, 0.4) is 0 Å². The summed E-state index contributed by atoms with van der Waals surface area (Å²) < 4.78 is 6.19. The molecule has 1 heterocycles. The molecule has 0 aliphatic rings. The fraction of sp³-hybridized carbons (Fsp3) is 0.308. The maximum atomic E-state index is 5.62. The third-order valence-corrected chi connectivity index (χ3v) is 3.26. The van der Waals surface area contributed by atoms with Crippen molar-refractivity contribution in [2.45, 2.75) is 27.7 Å². The normalized spacial score (nSPS) is 10.9. The van der Waals surface area contributed by atoms with Crippen molar-refractivity contribution in [1.82, 2.24) is 0 Å². The van der Waals surface area contributed by atoms with Gasteiger partial charge in [-0.1, -0.05) is 0 Å². The van der Waals surface area contributed by atoms with E-state index in [-0.39, 0.29) is 0 Å². The first-order valence-electron chi connectivity index (χ1n) is 5.02. The van der Waals surface area contributed by atoms with Gasteiger partial charge in [0.05, 0.1) is 0 Å². The van der Waals surface area contributed by atoms with Gasteiger partial charge in [-0.15, -0.1) is 0 Å². The largest absolute Gasteiger partial charge is 0.445 e. The Kier molecular flexibility index (Phi) is 2.39. The van der Waals surface area contributed by atoms with E-state index in [0.717, 1.165) is 5.58 Å². The van der Waals surface area contributed by atoms with Gasteiger partial charge < -0.3 is 4.42 Å². The lowest BCUT2D eigenvalue weighted by atomic mass is 9.99. The van der Waals surface area contributed by atoms with Gasteiger partial charge in [0.1, 0.15) is 5.58 Å². The van der Waals surface area contributed by atoms with E-state index in [2.05, 4.69) is 33.8 Å².